The Morgan fingerprint density at radius 1 is 1.35 bits per heavy atom. The van der Waals surface area contributed by atoms with Gasteiger partial charge in [0, 0.05) is 38.5 Å². The van der Waals surface area contributed by atoms with Crippen LogP contribution in [-0.2, 0) is 4.74 Å². The molecule has 4 heterocycles. The van der Waals surface area contributed by atoms with E-state index >= 15 is 0 Å². The van der Waals surface area contributed by atoms with Crippen molar-refractivity contribution in [3.05, 3.63) is 35.9 Å². The van der Waals surface area contributed by atoms with Crippen molar-refractivity contribution in [3.8, 4) is 0 Å². The van der Waals surface area contributed by atoms with Gasteiger partial charge < -0.3 is 18.5 Å². The van der Waals surface area contributed by atoms with E-state index < -0.39 is 0 Å². The number of carbonyl (C=O) groups excluding carboxylic acids is 1. The van der Waals surface area contributed by atoms with E-state index in [2.05, 4.69) is 10.2 Å². The minimum Gasteiger partial charge on any atom is -0.459 e. The van der Waals surface area contributed by atoms with Crippen LogP contribution >= 0.6 is 0 Å². The van der Waals surface area contributed by atoms with Gasteiger partial charge >= 0.3 is 0 Å². The number of ether oxygens (including phenoxy) is 1. The number of amides is 1. The molecule has 0 N–H and O–H groups in total. The molecular weight excluding hydrogens is 298 g/mol. The number of rotatable bonds is 2. The van der Waals surface area contributed by atoms with Gasteiger partial charge in [-0.05, 0) is 25.0 Å². The van der Waals surface area contributed by atoms with Crippen molar-refractivity contribution in [1.29, 1.82) is 0 Å². The van der Waals surface area contributed by atoms with Gasteiger partial charge in [-0.3, -0.25) is 4.79 Å². The first-order valence-corrected chi connectivity index (χ1v) is 7.97. The lowest BCUT2D eigenvalue weighted by Crippen LogP contribution is -2.51. The quantitative estimate of drug-likeness (QED) is 0.842. The molecule has 0 aromatic carbocycles. The first kappa shape index (κ1) is 14.4. The first-order chi connectivity index (χ1) is 11.2. The molecule has 122 valence electrons. The number of piperidine rings is 1. The van der Waals surface area contributed by atoms with Crippen molar-refractivity contribution in [1.82, 2.24) is 15.1 Å². The molecule has 23 heavy (non-hydrogen) atoms. The van der Waals surface area contributed by atoms with Crippen molar-refractivity contribution >= 4 is 5.91 Å². The maximum absolute atomic E-state index is 12.5. The van der Waals surface area contributed by atoms with Crippen LogP contribution in [0.2, 0.25) is 0 Å². The Morgan fingerprint density at radius 2 is 2.26 bits per heavy atom. The molecule has 0 saturated carbocycles. The standard InChI is InChI=1S/C16H19N3O4/c1-10-17-18-15(23-10)11-5-8-22-13-4-6-19(9-12(11)13)16(20)14-3-2-7-21-14/h2-3,7,11-13H,4-6,8-9H2,1H3/t11-,12-,13-/m1/s1. The molecule has 0 radical (unpaired) electrons. The van der Waals surface area contributed by atoms with E-state index in [4.69, 9.17) is 13.6 Å². The lowest BCUT2D eigenvalue weighted by atomic mass is 9.79. The first-order valence-electron chi connectivity index (χ1n) is 7.97. The summed E-state index contributed by atoms with van der Waals surface area (Å²) in [6.07, 6.45) is 3.32. The molecule has 2 aromatic rings. The van der Waals surface area contributed by atoms with Crippen molar-refractivity contribution in [2.75, 3.05) is 19.7 Å². The highest BCUT2D eigenvalue weighted by Gasteiger charge is 2.42. The summed E-state index contributed by atoms with van der Waals surface area (Å²) in [5.74, 6) is 1.86. The number of furan rings is 1. The van der Waals surface area contributed by atoms with Gasteiger partial charge in [-0.15, -0.1) is 10.2 Å². The zero-order valence-electron chi connectivity index (χ0n) is 13.0. The predicted molar refractivity (Wildman–Crippen MR) is 78.9 cm³/mol. The lowest BCUT2D eigenvalue weighted by molar-refractivity contribution is -0.0754. The highest BCUT2D eigenvalue weighted by molar-refractivity contribution is 5.91. The fourth-order valence-corrected chi connectivity index (χ4v) is 3.62. The number of fused-ring (bicyclic) bond motifs is 1. The second-order valence-corrected chi connectivity index (χ2v) is 6.14. The van der Waals surface area contributed by atoms with E-state index in [0.29, 0.717) is 37.2 Å². The summed E-state index contributed by atoms with van der Waals surface area (Å²) < 4.78 is 16.8. The minimum absolute atomic E-state index is 0.0699. The Hall–Kier alpha value is -2.15. The third-order valence-electron chi connectivity index (χ3n) is 4.75. The van der Waals surface area contributed by atoms with Gasteiger partial charge in [0.2, 0.25) is 11.8 Å². The van der Waals surface area contributed by atoms with E-state index in [1.807, 2.05) is 4.90 Å². The van der Waals surface area contributed by atoms with E-state index in [1.54, 1.807) is 19.1 Å². The van der Waals surface area contributed by atoms with Gasteiger partial charge in [0.05, 0.1) is 12.4 Å². The SMILES string of the molecule is Cc1nnc([C@@H]2CCO[C@@H]3CCN(C(=O)c4ccco4)C[C@@H]32)o1. The van der Waals surface area contributed by atoms with E-state index in [9.17, 15) is 4.79 Å². The Bertz CT molecular complexity index is 681. The van der Waals surface area contributed by atoms with Gasteiger partial charge in [0.15, 0.2) is 5.76 Å². The summed E-state index contributed by atoms with van der Waals surface area (Å²) >= 11 is 0. The van der Waals surface area contributed by atoms with Gasteiger partial charge in [-0.2, -0.15) is 0 Å². The van der Waals surface area contributed by atoms with Crippen LogP contribution in [0, 0.1) is 12.8 Å². The largest absolute Gasteiger partial charge is 0.459 e. The Labute approximate surface area is 133 Å². The van der Waals surface area contributed by atoms with E-state index in [1.165, 1.54) is 6.26 Å². The van der Waals surface area contributed by atoms with Crippen LogP contribution < -0.4 is 0 Å². The number of hydrogen-bond donors (Lipinski definition) is 0. The normalized spacial score (nSPS) is 27.7. The fraction of sp³-hybridized carbons (Fsp3) is 0.562. The van der Waals surface area contributed by atoms with E-state index in [-0.39, 0.29) is 23.8 Å². The lowest BCUT2D eigenvalue weighted by Gasteiger charge is -2.43. The highest BCUT2D eigenvalue weighted by atomic mass is 16.5. The second kappa shape index (κ2) is 5.81. The molecule has 3 atom stereocenters. The van der Waals surface area contributed by atoms with Crippen molar-refractivity contribution in [2.24, 2.45) is 5.92 Å². The number of aromatic nitrogens is 2. The van der Waals surface area contributed by atoms with Crippen LogP contribution in [0.4, 0.5) is 0 Å². The molecule has 7 heteroatoms. The number of carbonyl (C=O) groups is 1. The van der Waals surface area contributed by atoms with Crippen molar-refractivity contribution < 1.29 is 18.4 Å². The number of aryl methyl sites for hydroxylation is 1. The Morgan fingerprint density at radius 3 is 3.00 bits per heavy atom. The third kappa shape index (κ3) is 2.65. The maximum atomic E-state index is 12.5. The molecule has 2 saturated heterocycles. The third-order valence-corrected chi connectivity index (χ3v) is 4.75. The molecule has 2 aromatic heterocycles. The second-order valence-electron chi connectivity index (χ2n) is 6.14. The minimum atomic E-state index is -0.0699. The molecule has 4 rings (SSSR count). The van der Waals surface area contributed by atoms with Crippen LogP contribution in [0.1, 0.15) is 41.1 Å². The summed E-state index contributed by atoms with van der Waals surface area (Å²) in [7, 11) is 0. The average Bonchev–Trinajstić information content (AvgIpc) is 3.24. The van der Waals surface area contributed by atoms with Crippen LogP contribution in [-0.4, -0.2) is 46.8 Å². The van der Waals surface area contributed by atoms with Crippen LogP contribution in [0.5, 0.6) is 0 Å². The molecule has 2 aliphatic heterocycles. The van der Waals surface area contributed by atoms with Gasteiger partial charge in [-0.25, -0.2) is 0 Å². The van der Waals surface area contributed by atoms with Crippen LogP contribution in [0.15, 0.2) is 27.2 Å². The van der Waals surface area contributed by atoms with Gasteiger partial charge in [0.25, 0.3) is 5.91 Å². The molecule has 0 aliphatic carbocycles. The predicted octanol–water partition coefficient (Wildman–Crippen LogP) is 2.01. The monoisotopic (exact) mass is 317 g/mol. The topological polar surface area (TPSA) is 81.6 Å². The summed E-state index contributed by atoms with van der Waals surface area (Å²) in [6.45, 7) is 3.78. The Kier molecular flexibility index (Phi) is 3.65. The van der Waals surface area contributed by atoms with Crippen LogP contribution in [0.25, 0.3) is 0 Å². The molecule has 0 bridgehead atoms. The molecule has 0 unspecified atom stereocenters. The van der Waals surface area contributed by atoms with Gasteiger partial charge in [-0.1, -0.05) is 0 Å². The highest BCUT2D eigenvalue weighted by Crippen LogP contribution is 2.39. The summed E-state index contributed by atoms with van der Waals surface area (Å²) in [5, 5.41) is 8.13. The number of hydrogen-bond acceptors (Lipinski definition) is 6. The zero-order chi connectivity index (χ0) is 15.8. The molecule has 0 spiro atoms. The van der Waals surface area contributed by atoms with Crippen LogP contribution in [0.3, 0.4) is 0 Å². The molecule has 2 fully saturated rings. The Balaban J connectivity index is 1.55. The average molecular weight is 317 g/mol. The molecule has 2 aliphatic rings. The number of nitrogens with zero attached hydrogens (tertiary/aromatic N) is 3. The molecule has 1 amide bonds. The summed E-state index contributed by atoms with van der Waals surface area (Å²) in [6, 6.07) is 3.43. The van der Waals surface area contributed by atoms with Crippen molar-refractivity contribution in [3.63, 3.8) is 0 Å². The summed E-state index contributed by atoms with van der Waals surface area (Å²) in [5.41, 5.74) is 0. The molecule has 7 nitrogen and oxygen atoms in total. The van der Waals surface area contributed by atoms with E-state index in [0.717, 1.165) is 12.8 Å². The fourth-order valence-electron chi connectivity index (χ4n) is 3.62. The van der Waals surface area contributed by atoms with Crippen molar-refractivity contribution in [2.45, 2.75) is 31.8 Å². The maximum Gasteiger partial charge on any atom is 0.289 e. The number of likely N-dealkylation sites (tertiary alicyclic amines) is 1. The molecular formula is C16H19N3O4. The summed E-state index contributed by atoms with van der Waals surface area (Å²) in [4.78, 5) is 14.4. The smallest absolute Gasteiger partial charge is 0.289 e. The van der Waals surface area contributed by atoms with Gasteiger partial charge in [0.1, 0.15) is 0 Å². The zero-order valence-corrected chi connectivity index (χ0v) is 13.0.